The van der Waals surface area contributed by atoms with Crippen molar-refractivity contribution in [3.8, 4) is 11.1 Å². The SMILES string of the molecule is Cc1cccc(-c2cnc(N)nc2NCCCN2C=NCC2)c1. The normalized spacial score (nSPS) is 13.5. The van der Waals surface area contributed by atoms with Gasteiger partial charge in [0.2, 0.25) is 5.95 Å². The van der Waals surface area contributed by atoms with Gasteiger partial charge in [0, 0.05) is 31.4 Å². The third kappa shape index (κ3) is 3.97. The minimum Gasteiger partial charge on any atom is -0.369 e. The summed E-state index contributed by atoms with van der Waals surface area (Å²) in [5, 5.41) is 3.39. The average Bonchev–Trinajstić information content (AvgIpc) is 3.05. The number of benzene rings is 1. The largest absolute Gasteiger partial charge is 0.369 e. The highest BCUT2D eigenvalue weighted by Crippen LogP contribution is 2.26. The Labute approximate surface area is 136 Å². The number of aryl methyl sites for hydroxylation is 1. The molecule has 3 N–H and O–H groups in total. The molecule has 1 aromatic carbocycles. The van der Waals surface area contributed by atoms with Gasteiger partial charge < -0.3 is 16.0 Å². The second-order valence-corrected chi connectivity index (χ2v) is 5.70. The van der Waals surface area contributed by atoms with Crippen molar-refractivity contribution in [2.75, 3.05) is 37.2 Å². The van der Waals surface area contributed by atoms with Crippen molar-refractivity contribution in [1.82, 2.24) is 14.9 Å². The molecule has 1 aliphatic rings. The van der Waals surface area contributed by atoms with E-state index in [1.807, 2.05) is 12.4 Å². The van der Waals surface area contributed by atoms with E-state index in [1.54, 1.807) is 6.20 Å². The van der Waals surface area contributed by atoms with Crippen LogP contribution in [0.5, 0.6) is 0 Å². The van der Waals surface area contributed by atoms with Crippen molar-refractivity contribution < 1.29 is 0 Å². The number of nitrogens with one attached hydrogen (secondary N) is 1. The van der Waals surface area contributed by atoms with Gasteiger partial charge in [0.1, 0.15) is 5.82 Å². The molecule has 0 amide bonds. The van der Waals surface area contributed by atoms with Gasteiger partial charge in [-0.2, -0.15) is 4.98 Å². The van der Waals surface area contributed by atoms with E-state index in [4.69, 9.17) is 5.73 Å². The summed E-state index contributed by atoms with van der Waals surface area (Å²) in [7, 11) is 0. The number of hydrogen-bond acceptors (Lipinski definition) is 6. The Bertz CT molecular complexity index is 697. The van der Waals surface area contributed by atoms with E-state index in [2.05, 4.69) is 50.3 Å². The van der Waals surface area contributed by atoms with E-state index < -0.39 is 0 Å². The molecule has 2 aromatic rings. The molecule has 1 aliphatic heterocycles. The predicted octanol–water partition coefficient (Wildman–Crippen LogP) is 2.18. The van der Waals surface area contributed by atoms with Crippen molar-refractivity contribution in [2.45, 2.75) is 13.3 Å². The van der Waals surface area contributed by atoms with Crippen molar-refractivity contribution in [2.24, 2.45) is 4.99 Å². The lowest BCUT2D eigenvalue weighted by atomic mass is 10.1. The molecule has 0 unspecified atom stereocenters. The summed E-state index contributed by atoms with van der Waals surface area (Å²) < 4.78 is 0. The van der Waals surface area contributed by atoms with E-state index in [9.17, 15) is 0 Å². The first-order valence-electron chi connectivity index (χ1n) is 7.90. The molecule has 1 aromatic heterocycles. The lowest BCUT2D eigenvalue weighted by Crippen LogP contribution is -2.22. The van der Waals surface area contributed by atoms with Crippen molar-refractivity contribution in [1.29, 1.82) is 0 Å². The molecule has 0 aliphatic carbocycles. The van der Waals surface area contributed by atoms with E-state index in [-0.39, 0.29) is 5.95 Å². The molecule has 2 heterocycles. The van der Waals surface area contributed by atoms with Crippen LogP contribution in [0, 0.1) is 6.92 Å². The van der Waals surface area contributed by atoms with Crippen molar-refractivity contribution >= 4 is 18.1 Å². The number of nitrogens with zero attached hydrogens (tertiary/aromatic N) is 4. The summed E-state index contributed by atoms with van der Waals surface area (Å²) >= 11 is 0. The van der Waals surface area contributed by atoms with Gasteiger partial charge in [-0.05, 0) is 18.9 Å². The van der Waals surface area contributed by atoms with Crippen LogP contribution in [0.4, 0.5) is 11.8 Å². The maximum absolute atomic E-state index is 5.75. The Balaban J connectivity index is 1.68. The summed E-state index contributed by atoms with van der Waals surface area (Å²) in [6, 6.07) is 8.30. The quantitative estimate of drug-likeness (QED) is 0.800. The standard InChI is InChI=1S/C17H22N6/c1-13-4-2-5-14(10-13)15-11-21-17(18)22-16(15)20-6-3-8-23-9-7-19-12-23/h2,4-5,10-12H,3,6-9H2,1H3,(H3,18,20,21,22). The number of aromatic nitrogens is 2. The maximum atomic E-state index is 5.75. The van der Waals surface area contributed by atoms with Crippen LogP contribution in [0.25, 0.3) is 11.1 Å². The van der Waals surface area contributed by atoms with Crippen LogP contribution in [0.3, 0.4) is 0 Å². The minimum atomic E-state index is 0.288. The fraction of sp³-hybridized carbons (Fsp3) is 0.353. The number of nitrogen functional groups attached to an aromatic ring is 1. The van der Waals surface area contributed by atoms with Gasteiger partial charge in [-0.3, -0.25) is 4.99 Å². The lowest BCUT2D eigenvalue weighted by Gasteiger charge is -2.15. The van der Waals surface area contributed by atoms with Gasteiger partial charge in [0.25, 0.3) is 0 Å². The van der Waals surface area contributed by atoms with E-state index in [0.29, 0.717) is 0 Å². The monoisotopic (exact) mass is 310 g/mol. The molecular formula is C17H22N6. The zero-order valence-electron chi connectivity index (χ0n) is 13.4. The minimum absolute atomic E-state index is 0.288. The molecule has 0 bridgehead atoms. The van der Waals surface area contributed by atoms with Crippen molar-refractivity contribution in [3.63, 3.8) is 0 Å². The van der Waals surface area contributed by atoms with Gasteiger partial charge in [-0.1, -0.05) is 29.8 Å². The van der Waals surface area contributed by atoms with Gasteiger partial charge in [-0.25, -0.2) is 4.98 Å². The van der Waals surface area contributed by atoms with Crippen LogP contribution in [0.15, 0.2) is 35.5 Å². The zero-order chi connectivity index (χ0) is 16.1. The molecule has 0 atom stereocenters. The van der Waals surface area contributed by atoms with Gasteiger partial charge in [0.15, 0.2) is 0 Å². The molecule has 6 nitrogen and oxygen atoms in total. The maximum Gasteiger partial charge on any atom is 0.221 e. The highest BCUT2D eigenvalue weighted by molar-refractivity contribution is 5.75. The second kappa shape index (κ2) is 7.09. The van der Waals surface area contributed by atoms with E-state index in [0.717, 1.165) is 49.5 Å². The highest BCUT2D eigenvalue weighted by atomic mass is 15.2. The molecular weight excluding hydrogens is 288 g/mol. The van der Waals surface area contributed by atoms with Gasteiger partial charge >= 0.3 is 0 Å². The van der Waals surface area contributed by atoms with Crippen LogP contribution in [0.2, 0.25) is 0 Å². The summed E-state index contributed by atoms with van der Waals surface area (Å²) in [4.78, 5) is 15.0. The van der Waals surface area contributed by atoms with Crippen LogP contribution >= 0.6 is 0 Å². The van der Waals surface area contributed by atoms with Gasteiger partial charge in [0.05, 0.1) is 12.9 Å². The summed E-state index contributed by atoms with van der Waals surface area (Å²) in [6.07, 6.45) is 4.73. The highest BCUT2D eigenvalue weighted by Gasteiger charge is 2.09. The first-order chi connectivity index (χ1) is 11.2. The van der Waals surface area contributed by atoms with Crippen LogP contribution in [-0.2, 0) is 0 Å². The third-order valence-corrected chi connectivity index (χ3v) is 3.81. The average molecular weight is 310 g/mol. The molecule has 0 spiro atoms. The zero-order valence-corrected chi connectivity index (χ0v) is 13.4. The van der Waals surface area contributed by atoms with Gasteiger partial charge in [-0.15, -0.1) is 0 Å². The smallest absolute Gasteiger partial charge is 0.221 e. The Kier molecular flexibility index (Phi) is 4.71. The van der Waals surface area contributed by atoms with E-state index in [1.165, 1.54) is 5.56 Å². The molecule has 0 saturated carbocycles. The first kappa shape index (κ1) is 15.3. The summed E-state index contributed by atoms with van der Waals surface area (Å²) in [5.74, 6) is 1.08. The first-order valence-corrected chi connectivity index (χ1v) is 7.90. The second-order valence-electron chi connectivity index (χ2n) is 5.70. The van der Waals surface area contributed by atoms with Crippen LogP contribution in [0.1, 0.15) is 12.0 Å². The van der Waals surface area contributed by atoms with E-state index >= 15 is 0 Å². The summed E-state index contributed by atoms with van der Waals surface area (Å²) in [5.41, 5.74) is 9.03. The Morgan fingerprint density at radius 1 is 1.35 bits per heavy atom. The van der Waals surface area contributed by atoms with Crippen LogP contribution < -0.4 is 11.1 Å². The third-order valence-electron chi connectivity index (χ3n) is 3.81. The fourth-order valence-electron chi connectivity index (χ4n) is 2.63. The number of anilines is 2. The number of rotatable bonds is 6. The predicted molar refractivity (Wildman–Crippen MR) is 94.7 cm³/mol. The molecule has 0 radical (unpaired) electrons. The fourth-order valence-corrected chi connectivity index (χ4v) is 2.63. The number of aliphatic imine (C=N–C) groups is 1. The lowest BCUT2D eigenvalue weighted by molar-refractivity contribution is 0.461. The molecule has 120 valence electrons. The molecule has 0 fully saturated rings. The van der Waals surface area contributed by atoms with Crippen LogP contribution in [-0.4, -0.2) is 47.4 Å². The number of nitrogens with two attached hydrogens (primary N) is 1. The molecule has 6 heteroatoms. The Morgan fingerprint density at radius 3 is 3.04 bits per heavy atom. The Hall–Kier alpha value is -2.63. The van der Waals surface area contributed by atoms with Crippen molar-refractivity contribution in [3.05, 3.63) is 36.0 Å². The topological polar surface area (TPSA) is 79.4 Å². The number of hydrogen-bond donors (Lipinski definition) is 2. The Morgan fingerprint density at radius 2 is 2.26 bits per heavy atom. The molecule has 3 rings (SSSR count). The summed E-state index contributed by atoms with van der Waals surface area (Å²) in [6.45, 7) is 5.84. The molecule has 23 heavy (non-hydrogen) atoms. The molecule has 0 saturated heterocycles.